The summed E-state index contributed by atoms with van der Waals surface area (Å²) < 4.78 is 37.5. The number of ether oxygens (including phenoxy) is 2. The number of carbonyl (C=O) groups excluding carboxylic acids is 1. The van der Waals surface area contributed by atoms with Gasteiger partial charge in [0.15, 0.2) is 0 Å². The van der Waals surface area contributed by atoms with Crippen molar-refractivity contribution in [3.05, 3.63) is 53.6 Å². The number of amides is 1. The second-order valence-electron chi connectivity index (χ2n) is 8.84. The number of hydrogen-bond acceptors (Lipinski definition) is 5. The summed E-state index contributed by atoms with van der Waals surface area (Å²) in [7, 11) is -2.03. The predicted octanol–water partition coefficient (Wildman–Crippen LogP) is 3.97. The number of aryl methyl sites for hydroxylation is 1. The average molecular weight is 461 g/mol. The average Bonchev–Trinajstić information content (AvgIpc) is 2.69. The molecule has 8 heteroatoms. The van der Waals surface area contributed by atoms with Crippen LogP contribution in [0.3, 0.4) is 0 Å². The lowest BCUT2D eigenvalue weighted by atomic mass is 9.89. The van der Waals surface area contributed by atoms with Gasteiger partial charge >= 0.3 is 0 Å². The van der Waals surface area contributed by atoms with Crippen LogP contribution in [0, 0.1) is 6.92 Å². The van der Waals surface area contributed by atoms with Gasteiger partial charge in [0.2, 0.25) is 15.9 Å². The maximum atomic E-state index is 12.7. The molecule has 3 rings (SSSR count). The maximum absolute atomic E-state index is 12.7. The van der Waals surface area contributed by atoms with E-state index in [2.05, 4.69) is 5.32 Å². The molecule has 1 atom stereocenters. The monoisotopic (exact) mass is 460 g/mol. The van der Waals surface area contributed by atoms with Gasteiger partial charge in [0, 0.05) is 24.9 Å². The first-order valence-electron chi connectivity index (χ1n) is 10.7. The molecule has 0 fully saturated rings. The van der Waals surface area contributed by atoms with Gasteiger partial charge in [-0.2, -0.15) is 0 Å². The fourth-order valence-electron chi connectivity index (χ4n) is 4.04. The highest BCUT2D eigenvalue weighted by Crippen LogP contribution is 2.40. The Bertz CT molecular complexity index is 1080. The summed E-state index contributed by atoms with van der Waals surface area (Å²) in [6.07, 6.45) is 2.40. The maximum Gasteiger partial charge on any atom is 0.232 e. The fourth-order valence-corrected chi connectivity index (χ4v) is 5.01. The molecule has 0 unspecified atom stereocenters. The summed E-state index contributed by atoms with van der Waals surface area (Å²) in [5, 5.41) is 3.11. The molecular weight excluding hydrogens is 428 g/mol. The Morgan fingerprint density at radius 2 is 1.97 bits per heavy atom. The van der Waals surface area contributed by atoms with E-state index in [1.165, 1.54) is 11.4 Å². The molecule has 0 saturated carbocycles. The highest BCUT2D eigenvalue weighted by Gasteiger charge is 2.34. The molecule has 1 amide bonds. The van der Waals surface area contributed by atoms with Gasteiger partial charge in [0.05, 0.1) is 25.1 Å². The summed E-state index contributed by atoms with van der Waals surface area (Å²) in [6, 6.07) is 12.8. The number of nitrogens with one attached hydrogen (secondary N) is 1. The molecular formula is C24H32N2O5S. The molecule has 1 heterocycles. The van der Waals surface area contributed by atoms with E-state index in [0.29, 0.717) is 24.3 Å². The second-order valence-corrected chi connectivity index (χ2v) is 10.7. The molecule has 7 nitrogen and oxygen atoms in total. The minimum absolute atomic E-state index is 0.118. The van der Waals surface area contributed by atoms with Gasteiger partial charge < -0.3 is 14.8 Å². The van der Waals surface area contributed by atoms with Gasteiger partial charge in [-0.3, -0.25) is 9.10 Å². The Kier molecular flexibility index (Phi) is 7.03. The standard InChI is InChI=1S/C24H32N2O5S/c1-17-12-13-18-19(16-24(2,3)31-22(18)15-17)25-23(27)11-8-14-26(32(5,28)29)20-9-6-7-10-21(20)30-4/h6-7,9-10,12-13,15,19H,8,11,14,16H2,1-5H3,(H,25,27)/t19-/m1/s1. The van der Waals surface area contributed by atoms with Crippen molar-refractivity contribution in [2.45, 2.75) is 51.7 Å². The normalized spacial score (nSPS) is 17.1. The third-order valence-corrected chi connectivity index (χ3v) is 6.66. The van der Waals surface area contributed by atoms with Crippen LogP contribution in [-0.2, 0) is 14.8 Å². The van der Waals surface area contributed by atoms with E-state index in [4.69, 9.17) is 9.47 Å². The molecule has 0 spiro atoms. The number of anilines is 1. The number of carbonyl (C=O) groups is 1. The molecule has 0 aromatic heterocycles. The van der Waals surface area contributed by atoms with Crippen molar-refractivity contribution < 1.29 is 22.7 Å². The SMILES string of the molecule is COc1ccccc1N(CCCC(=O)N[C@@H]1CC(C)(C)Oc2cc(C)ccc21)S(C)(=O)=O. The van der Waals surface area contributed by atoms with E-state index in [-0.39, 0.29) is 24.9 Å². The zero-order chi connectivity index (χ0) is 23.5. The number of benzene rings is 2. The molecule has 2 aromatic rings. The summed E-state index contributed by atoms with van der Waals surface area (Å²) in [4.78, 5) is 12.7. The van der Waals surface area contributed by atoms with Crippen LogP contribution in [-0.4, -0.2) is 39.8 Å². The summed E-state index contributed by atoms with van der Waals surface area (Å²) >= 11 is 0. The van der Waals surface area contributed by atoms with Crippen LogP contribution in [0.25, 0.3) is 0 Å². The molecule has 174 valence electrons. The number of sulfonamides is 1. The van der Waals surface area contributed by atoms with Gasteiger partial charge in [0.25, 0.3) is 0 Å². The lowest BCUT2D eigenvalue weighted by molar-refractivity contribution is -0.122. The Balaban J connectivity index is 1.67. The number of fused-ring (bicyclic) bond motifs is 1. The third-order valence-electron chi connectivity index (χ3n) is 5.48. The zero-order valence-electron chi connectivity index (χ0n) is 19.3. The minimum Gasteiger partial charge on any atom is -0.495 e. The van der Waals surface area contributed by atoms with Crippen LogP contribution in [0.1, 0.15) is 50.3 Å². The summed E-state index contributed by atoms with van der Waals surface area (Å²) in [6.45, 7) is 6.21. The Morgan fingerprint density at radius 1 is 1.25 bits per heavy atom. The zero-order valence-corrected chi connectivity index (χ0v) is 20.2. The van der Waals surface area contributed by atoms with Crippen molar-refractivity contribution in [3.8, 4) is 11.5 Å². The molecule has 2 aromatic carbocycles. The quantitative estimate of drug-likeness (QED) is 0.644. The molecule has 1 N–H and O–H groups in total. The van der Waals surface area contributed by atoms with Crippen molar-refractivity contribution >= 4 is 21.6 Å². The molecule has 0 radical (unpaired) electrons. The van der Waals surface area contributed by atoms with E-state index in [9.17, 15) is 13.2 Å². The van der Waals surface area contributed by atoms with Crippen molar-refractivity contribution in [3.63, 3.8) is 0 Å². The summed E-state index contributed by atoms with van der Waals surface area (Å²) in [5.74, 6) is 1.15. The van der Waals surface area contributed by atoms with Crippen LogP contribution in [0.2, 0.25) is 0 Å². The number of methoxy groups -OCH3 is 1. The number of hydrogen-bond donors (Lipinski definition) is 1. The number of rotatable bonds is 8. The van der Waals surface area contributed by atoms with Gasteiger partial charge in [0.1, 0.15) is 17.1 Å². The highest BCUT2D eigenvalue weighted by atomic mass is 32.2. The Hall–Kier alpha value is -2.74. The third kappa shape index (κ3) is 5.73. The Labute approximate surface area is 190 Å². The topological polar surface area (TPSA) is 84.9 Å². The van der Waals surface area contributed by atoms with Crippen LogP contribution < -0.4 is 19.1 Å². The lowest BCUT2D eigenvalue weighted by Gasteiger charge is -2.38. The van der Waals surface area contributed by atoms with E-state index in [1.807, 2.05) is 39.0 Å². The molecule has 1 aliphatic rings. The minimum atomic E-state index is -3.53. The molecule has 32 heavy (non-hydrogen) atoms. The largest absolute Gasteiger partial charge is 0.495 e. The van der Waals surface area contributed by atoms with E-state index in [1.54, 1.807) is 24.3 Å². The van der Waals surface area contributed by atoms with Crippen molar-refractivity contribution in [1.29, 1.82) is 0 Å². The predicted molar refractivity (Wildman–Crippen MR) is 126 cm³/mol. The van der Waals surface area contributed by atoms with Crippen LogP contribution in [0.15, 0.2) is 42.5 Å². The second kappa shape index (κ2) is 9.40. The molecule has 0 bridgehead atoms. The van der Waals surface area contributed by atoms with Gasteiger partial charge in [-0.1, -0.05) is 24.3 Å². The number of nitrogens with zero attached hydrogens (tertiary/aromatic N) is 1. The van der Waals surface area contributed by atoms with Crippen molar-refractivity contribution in [1.82, 2.24) is 5.32 Å². The van der Waals surface area contributed by atoms with Gasteiger partial charge in [-0.05, 0) is 51.0 Å². The van der Waals surface area contributed by atoms with Gasteiger partial charge in [-0.15, -0.1) is 0 Å². The van der Waals surface area contributed by atoms with E-state index < -0.39 is 15.6 Å². The van der Waals surface area contributed by atoms with Crippen LogP contribution in [0.4, 0.5) is 5.69 Å². The first kappa shape index (κ1) is 23.9. The molecule has 0 aliphatic carbocycles. The molecule has 1 aliphatic heterocycles. The first-order chi connectivity index (χ1) is 15.0. The first-order valence-corrected chi connectivity index (χ1v) is 12.5. The van der Waals surface area contributed by atoms with Crippen LogP contribution >= 0.6 is 0 Å². The lowest BCUT2D eigenvalue weighted by Crippen LogP contribution is -2.41. The Morgan fingerprint density at radius 3 is 2.66 bits per heavy atom. The highest BCUT2D eigenvalue weighted by molar-refractivity contribution is 7.92. The smallest absolute Gasteiger partial charge is 0.232 e. The number of para-hydroxylation sites is 2. The molecule has 0 saturated heterocycles. The fraction of sp³-hybridized carbons (Fsp3) is 0.458. The van der Waals surface area contributed by atoms with Crippen LogP contribution in [0.5, 0.6) is 11.5 Å². The van der Waals surface area contributed by atoms with E-state index >= 15 is 0 Å². The van der Waals surface area contributed by atoms with E-state index in [0.717, 1.165) is 23.1 Å². The van der Waals surface area contributed by atoms with Gasteiger partial charge in [-0.25, -0.2) is 8.42 Å². The summed E-state index contributed by atoms with van der Waals surface area (Å²) in [5.41, 5.74) is 2.14. The van der Waals surface area contributed by atoms with Crippen molar-refractivity contribution in [2.75, 3.05) is 24.2 Å². The van der Waals surface area contributed by atoms with Crippen molar-refractivity contribution in [2.24, 2.45) is 0 Å².